The summed E-state index contributed by atoms with van der Waals surface area (Å²) in [5, 5.41) is 12.4. The largest absolute Gasteiger partial charge is 0.317 e. The molecule has 17 heavy (non-hydrogen) atoms. The van der Waals surface area contributed by atoms with Crippen LogP contribution in [0.1, 0.15) is 24.8 Å². The quantitative estimate of drug-likeness (QED) is 0.892. The number of nitrogens with one attached hydrogen (secondary N) is 1. The third-order valence-corrected chi connectivity index (χ3v) is 4.19. The van der Waals surface area contributed by atoms with E-state index in [0.29, 0.717) is 4.47 Å². The molecule has 2 rings (SSSR count). The van der Waals surface area contributed by atoms with Crippen molar-refractivity contribution in [3.05, 3.63) is 9.47 Å². The molecule has 4 nitrogen and oxygen atoms in total. The van der Waals surface area contributed by atoms with E-state index in [0.717, 1.165) is 43.6 Å². The second-order valence-corrected chi connectivity index (χ2v) is 6.12. The number of rotatable bonds is 5. The SMILES string of the molecule is CCNCC1CCN(Cc2nnc(Cl)s2)CC1. The topological polar surface area (TPSA) is 41.0 Å². The molecule has 0 radical (unpaired) electrons. The summed E-state index contributed by atoms with van der Waals surface area (Å²) in [4.78, 5) is 2.44. The van der Waals surface area contributed by atoms with Gasteiger partial charge < -0.3 is 5.32 Å². The van der Waals surface area contributed by atoms with Gasteiger partial charge in [0.1, 0.15) is 5.01 Å². The number of nitrogens with zero attached hydrogens (tertiary/aromatic N) is 3. The minimum Gasteiger partial charge on any atom is -0.317 e. The van der Waals surface area contributed by atoms with Gasteiger partial charge in [-0.3, -0.25) is 4.90 Å². The molecular formula is C11H19ClN4S. The van der Waals surface area contributed by atoms with E-state index in [1.165, 1.54) is 24.2 Å². The third-order valence-electron chi connectivity index (χ3n) is 3.19. The van der Waals surface area contributed by atoms with Gasteiger partial charge in [-0.2, -0.15) is 0 Å². The van der Waals surface area contributed by atoms with Crippen LogP contribution in [0.15, 0.2) is 0 Å². The van der Waals surface area contributed by atoms with E-state index in [-0.39, 0.29) is 0 Å². The third kappa shape index (κ3) is 4.17. The Morgan fingerprint density at radius 3 is 2.76 bits per heavy atom. The molecule has 1 fully saturated rings. The lowest BCUT2D eigenvalue weighted by Crippen LogP contribution is -2.36. The smallest absolute Gasteiger partial charge is 0.207 e. The lowest BCUT2D eigenvalue weighted by molar-refractivity contribution is 0.175. The zero-order chi connectivity index (χ0) is 12.1. The van der Waals surface area contributed by atoms with Crippen LogP contribution < -0.4 is 5.32 Å². The van der Waals surface area contributed by atoms with Gasteiger partial charge in [-0.1, -0.05) is 18.3 Å². The molecule has 0 amide bonds. The normalized spacial score (nSPS) is 18.7. The van der Waals surface area contributed by atoms with E-state index >= 15 is 0 Å². The summed E-state index contributed by atoms with van der Waals surface area (Å²) in [6, 6.07) is 0. The Bertz CT molecular complexity index is 336. The molecule has 96 valence electrons. The maximum absolute atomic E-state index is 5.78. The minimum atomic E-state index is 0.544. The van der Waals surface area contributed by atoms with Crippen LogP contribution in [0, 0.1) is 5.92 Å². The van der Waals surface area contributed by atoms with Gasteiger partial charge in [0.25, 0.3) is 0 Å². The van der Waals surface area contributed by atoms with E-state index in [9.17, 15) is 0 Å². The summed E-state index contributed by atoms with van der Waals surface area (Å²) in [6.45, 7) is 7.62. The van der Waals surface area contributed by atoms with E-state index < -0.39 is 0 Å². The Morgan fingerprint density at radius 2 is 2.18 bits per heavy atom. The predicted molar refractivity (Wildman–Crippen MR) is 71.5 cm³/mol. The van der Waals surface area contributed by atoms with Crippen molar-refractivity contribution in [1.29, 1.82) is 0 Å². The maximum Gasteiger partial charge on any atom is 0.207 e. The summed E-state index contributed by atoms with van der Waals surface area (Å²) < 4.78 is 0.544. The summed E-state index contributed by atoms with van der Waals surface area (Å²) in [5.74, 6) is 0.837. The standard InChI is InChI=1S/C11H19ClN4S/c1-2-13-7-9-3-5-16(6-4-9)8-10-14-15-11(12)17-10/h9,13H,2-8H2,1H3. The van der Waals surface area contributed by atoms with E-state index in [1.54, 1.807) is 0 Å². The van der Waals surface area contributed by atoms with Gasteiger partial charge in [0.2, 0.25) is 4.47 Å². The second kappa shape index (κ2) is 6.64. The number of hydrogen-bond donors (Lipinski definition) is 1. The first kappa shape index (κ1) is 13.2. The first-order chi connectivity index (χ1) is 8.28. The highest BCUT2D eigenvalue weighted by Gasteiger charge is 2.19. The Kier molecular flexibility index (Phi) is 5.16. The molecule has 1 N–H and O–H groups in total. The number of likely N-dealkylation sites (tertiary alicyclic amines) is 1. The minimum absolute atomic E-state index is 0.544. The fraction of sp³-hybridized carbons (Fsp3) is 0.818. The van der Waals surface area contributed by atoms with Gasteiger partial charge >= 0.3 is 0 Å². The second-order valence-electron chi connectivity index (χ2n) is 4.48. The van der Waals surface area contributed by atoms with Crippen molar-refractivity contribution in [2.24, 2.45) is 5.92 Å². The molecule has 0 atom stereocenters. The maximum atomic E-state index is 5.78. The van der Waals surface area contributed by atoms with E-state index in [1.807, 2.05) is 0 Å². The van der Waals surface area contributed by atoms with Crippen LogP contribution >= 0.6 is 22.9 Å². The zero-order valence-electron chi connectivity index (χ0n) is 10.2. The van der Waals surface area contributed by atoms with E-state index in [2.05, 4.69) is 27.3 Å². The average molecular weight is 275 g/mol. The molecule has 0 aliphatic carbocycles. The van der Waals surface area contributed by atoms with Crippen molar-refractivity contribution in [3.8, 4) is 0 Å². The molecule has 0 spiro atoms. The molecule has 1 aromatic rings. The molecule has 0 unspecified atom stereocenters. The fourth-order valence-corrected chi connectivity index (χ4v) is 3.10. The summed E-state index contributed by atoms with van der Waals surface area (Å²) in [5.41, 5.74) is 0. The zero-order valence-corrected chi connectivity index (χ0v) is 11.7. The molecule has 0 saturated carbocycles. The van der Waals surface area contributed by atoms with E-state index in [4.69, 9.17) is 11.6 Å². The molecule has 6 heteroatoms. The molecule has 1 aliphatic rings. The molecule has 0 aromatic carbocycles. The van der Waals surface area contributed by atoms with Gasteiger partial charge in [-0.15, -0.1) is 10.2 Å². The Labute approximate surface area is 111 Å². The van der Waals surface area contributed by atoms with Gasteiger partial charge in [0.05, 0.1) is 6.54 Å². The van der Waals surface area contributed by atoms with Crippen molar-refractivity contribution in [3.63, 3.8) is 0 Å². The van der Waals surface area contributed by atoms with Crippen molar-refractivity contribution >= 4 is 22.9 Å². The Balaban J connectivity index is 1.72. The van der Waals surface area contributed by atoms with Crippen LogP contribution in [0.25, 0.3) is 0 Å². The van der Waals surface area contributed by atoms with Gasteiger partial charge in [0, 0.05) is 0 Å². The average Bonchev–Trinajstić information content (AvgIpc) is 2.74. The number of halogens is 1. The van der Waals surface area contributed by atoms with Crippen molar-refractivity contribution in [2.45, 2.75) is 26.3 Å². The summed E-state index contributed by atoms with van der Waals surface area (Å²) >= 11 is 7.26. The van der Waals surface area contributed by atoms with Crippen LogP contribution in [0.4, 0.5) is 0 Å². The van der Waals surface area contributed by atoms with Gasteiger partial charge in [0.15, 0.2) is 0 Å². The fourth-order valence-electron chi connectivity index (χ4n) is 2.19. The van der Waals surface area contributed by atoms with Crippen molar-refractivity contribution < 1.29 is 0 Å². The molecule has 1 aliphatic heterocycles. The first-order valence-corrected chi connectivity index (χ1v) is 7.38. The number of aromatic nitrogens is 2. The molecule has 0 bridgehead atoms. The van der Waals surface area contributed by atoms with Crippen LogP contribution in [-0.4, -0.2) is 41.3 Å². The number of piperidine rings is 1. The highest BCUT2D eigenvalue weighted by molar-refractivity contribution is 7.15. The van der Waals surface area contributed by atoms with Crippen molar-refractivity contribution in [2.75, 3.05) is 26.2 Å². The van der Waals surface area contributed by atoms with Crippen molar-refractivity contribution in [1.82, 2.24) is 20.4 Å². The Hall–Kier alpha value is -0.230. The highest BCUT2D eigenvalue weighted by atomic mass is 35.5. The van der Waals surface area contributed by atoms with Crippen LogP contribution in [0.3, 0.4) is 0 Å². The summed E-state index contributed by atoms with van der Waals surface area (Å²) in [7, 11) is 0. The number of hydrogen-bond acceptors (Lipinski definition) is 5. The van der Waals surface area contributed by atoms with Crippen LogP contribution in [0.5, 0.6) is 0 Å². The van der Waals surface area contributed by atoms with Gasteiger partial charge in [-0.05, 0) is 56.5 Å². The Morgan fingerprint density at radius 1 is 1.41 bits per heavy atom. The first-order valence-electron chi connectivity index (χ1n) is 6.19. The lowest BCUT2D eigenvalue weighted by Gasteiger charge is -2.31. The summed E-state index contributed by atoms with van der Waals surface area (Å²) in [6.07, 6.45) is 2.55. The van der Waals surface area contributed by atoms with Crippen LogP contribution in [0.2, 0.25) is 4.47 Å². The predicted octanol–water partition coefficient (Wildman–Crippen LogP) is 2.01. The highest BCUT2D eigenvalue weighted by Crippen LogP contribution is 2.21. The molecule has 1 saturated heterocycles. The molecular weight excluding hydrogens is 256 g/mol. The monoisotopic (exact) mass is 274 g/mol. The lowest BCUT2D eigenvalue weighted by atomic mass is 9.97. The molecule has 1 aromatic heterocycles. The molecule has 2 heterocycles. The van der Waals surface area contributed by atoms with Crippen LogP contribution in [-0.2, 0) is 6.54 Å². The van der Waals surface area contributed by atoms with Gasteiger partial charge in [-0.25, -0.2) is 0 Å².